The van der Waals surface area contributed by atoms with Crippen LogP contribution in [0.3, 0.4) is 0 Å². The lowest BCUT2D eigenvalue weighted by Gasteiger charge is -2.05. The van der Waals surface area contributed by atoms with Crippen LogP contribution >= 0.6 is 0 Å². The molecule has 0 radical (unpaired) electrons. The SMILES string of the molecule is Cc1ccc(OCc2ccc(C(=O)O)cn2)cn1. The van der Waals surface area contributed by atoms with Crippen LogP contribution in [-0.4, -0.2) is 21.0 Å². The third-order valence-corrected chi connectivity index (χ3v) is 2.34. The quantitative estimate of drug-likeness (QED) is 0.891. The second-order valence-electron chi connectivity index (χ2n) is 3.77. The molecule has 2 aromatic heterocycles. The van der Waals surface area contributed by atoms with Crippen LogP contribution in [0.15, 0.2) is 36.7 Å². The summed E-state index contributed by atoms with van der Waals surface area (Å²) >= 11 is 0. The van der Waals surface area contributed by atoms with Crippen molar-refractivity contribution in [1.29, 1.82) is 0 Å². The van der Waals surface area contributed by atoms with E-state index in [0.29, 0.717) is 11.4 Å². The van der Waals surface area contributed by atoms with Crippen molar-refractivity contribution in [3.05, 3.63) is 53.6 Å². The van der Waals surface area contributed by atoms with E-state index in [1.807, 2.05) is 19.1 Å². The molecule has 0 spiro atoms. The van der Waals surface area contributed by atoms with Gasteiger partial charge in [-0.2, -0.15) is 0 Å². The second kappa shape index (κ2) is 5.27. The van der Waals surface area contributed by atoms with Crippen molar-refractivity contribution in [2.24, 2.45) is 0 Å². The van der Waals surface area contributed by atoms with Crippen molar-refractivity contribution in [2.75, 3.05) is 0 Å². The smallest absolute Gasteiger partial charge is 0.337 e. The third-order valence-electron chi connectivity index (χ3n) is 2.34. The molecule has 0 aliphatic heterocycles. The van der Waals surface area contributed by atoms with Gasteiger partial charge in [-0.15, -0.1) is 0 Å². The molecule has 2 rings (SSSR count). The molecule has 0 aliphatic carbocycles. The van der Waals surface area contributed by atoms with Gasteiger partial charge in [0.2, 0.25) is 0 Å². The predicted octanol–water partition coefficient (Wildman–Crippen LogP) is 2.06. The second-order valence-corrected chi connectivity index (χ2v) is 3.77. The highest BCUT2D eigenvalue weighted by molar-refractivity contribution is 5.87. The van der Waals surface area contributed by atoms with E-state index in [-0.39, 0.29) is 12.2 Å². The number of carboxylic acids is 1. The molecule has 1 N–H and O–H groups in total. The largest absolute Gasteiger partial charge is 0.486 e. The highest BCUT2D eigenvalue weighted by atomic mass is 16.5. The molecule has 0 saturated heterocycles. The van der Waals surface area contributed by atoms with Gasteiger partial charge in [0.05, 0.1) is 17.5 Å². The summed E-state index contributed by atoms with van der Waals surface area (Å²) in [4.78, 5) is 18.8. The van der Waals surface area contributed by atoms with Gasteiger partial charge in [0, 0.05) is 11.9 Å². The van der Waals surface area contributed by atoms with E-state index in [0.717, 1.165) is 5.69 Å². The Morgan fingerprint density at radius 2 is 2.06 bits per heavy atom. The van der Waals surface area contributed by atoms with E-state index in [1.54, 1.807) is 12.3 Å². The molecule has 5 heteroatoms. The minimum absolute atomic E-state index is 0.163. The molecule has 0 saturated carbocycles. The van der Waals surface area contributed by atoms with Gasteiger partial charge in [0.25, 0.3) is 0 Å². The minimum Gasteiger partial charge on any atom is -0.486 e. The normalized spacial score (nSPS) is 10.1. The van der Waals surface area contributed by atoms with Gasteiger partial charge in [0.15, 0.2) is 0 Å². The van der Waals surface area contributed by atoms with Crippen molar-refractivity contribution in [2.45, 2.75) is 13.5 Å². The van der Waals surface area contributed by atoms with Crippen LogP contribution < -0.4 is 4.74 Å². The molecule has 0 aliphatic rings. The maximum absolute atomic E-state index is 10.6. The van der Waals surface area contributed by atoms with Gasteiger partial charge < -0.3 is 9.84 Å². The van der Waals surface area contributed by atoms with Crippen LogP contribution in [0, 0.1) is 6.92 Å². The molecule has 0 bridgehead atoms. The Morgan fingerprint density at radius 3 is 2.61 bits per heavy atom. The summed E-state index contributed by atoms with van der Waals surface area (Å²) in [5.41, 5.74) is 1.75. The first-order valence-corrected chi connectivity index (χ1v) is 5.39. The Kier molecular flexibility index (Phi) is 3.52. The Hall–Kier alpha value is -2.43. The summed E-state index contributed by atoms with van der Waals surface area (Å²) in [6.45, 7) is 2.18. The van der Waals surface area contributed by atoms with Crippen LogP contribution in [-0.2, 0) is 6.61 Å². The van der Waals surface area contributed by atoms with Gasteiger partial charge in [0.1, 0.15) is 12.4 Å². The third kappa shape index (κ3) is 3.04. The number of ether oxygens (including phenoxy) is 1. The van der Waals surface area contributed by atoms with E-state index >= 15 is 0 Å². The molecular weight excluding hydrogens is 232 g/mol. The van der Waals surface area contributed by atoms with Crippen LogP contribution in [0.4, 0.5) is 0 Å². The molecule has 18 heavy (non-hydrogen) atoms. The van der Waals surface area contributed by atoms with Gasteiger partial charge >= 0.3 is 5.97 Å². The molecule has 5 nitrogen and oxygen atoms in total. The maximum Gasteiger partial charge on any atom is 0.337 e. The highest BCUT2D eigenvalue weighted by Crippen LogP contribution is 2.11. The lowest BCUT2D eigenvalue weighted by atomic mass is 10.2. The van der Waals surface area contributed by atoms with E-state index < -0.39 is 5.97 Å². The molecule has 0 fully saturated rings. The van der Waals surface area contributed by atoms with Gasteiger partial charge in [-0.1, -0.05) is 0 Å². The Morgan fingerprint density at radius 1 is 1.22 bits per heavy atom. The van der Waals surface area contributed by atoms with E-state index in [4.69, 9.17) is 9.84 Å². The summed E-state index contributed by atoms with van der Waals surface area (Å²) in [6.07, 6.45) is 2.95. The fourth-order valence-electron chi connectivity index (χ4n) is 1.33. The van der Waals surface area contributed by atoms with Gasteiger partial charge in [-0.3, -0.25) is 9.97 Å². The summed E-state index contributed by atoms with van der Waals surface area (Å²) in [6, 6.07) is 6.82. The lowest BCUT2D eigenvalue weighted by molar-refractivity contribution is 0.0696. The average molecular weight is 244 g/mol. The minimum atomic E-state index is -0.988. The van der Waals surface area contributed by atoms with Gasteiger partial charge in [-0.05, 0) is 31.2 Å². The number of aromatic nitrogens is 2. The zero-order valence-corrected chi connectivity index (χ0v) is 9.83. The summed E-state index contributed by atoms with van der Waals surface area (Å²) in [5.74, 6) is -0.331. The van der Waals surface area contributed by atoms with E-state index in [9.17, 15) is 4.79 Å². The molecule has 2 heterocycles. The predicted molar refractivity (Wildman–Crippen MR) is 64.5 cm³/mol. The first-order chi connectivity index (χ1) is 8.65. The van der Waals surface area contributed by atoms with Crippen LogP contribution in [0.5, 0.6) is 5.75 Å². The highest BCUT2D eigenvalue weighted by Gasteiger charge is 2.03. The Balaban J connectivity index is 1.97. The average Bonchev–Trinajstić information content (AvgIpc) is 2.38. The zero-order chi connectivity index (χ0) is 13.0. The van der Waals surface area contributed by atoms with Crippen LogP contribution in [0.25, 0.3) is 0 Å². The standard InChI is InChI=1S/C13H12N2O3/c1-9-2-5-12(7-14-9)18-8-11-4-3-10(6-15-11)13(16)17/h2-7H,8H2,1H3,(H,16,17). The molecule has 92 valence electrons. The summed E-state index contributed by atoms with van der Waals surface area (Å²) < 4.78 is 5.47. The number of hydrogen-bond donors (Lipinski definition) is 1. The zero-order valence-electron chi connectivity index (χ0n) is 9.83. The fraction of sp³-hybridized carbons (Fsp3) is 0.154. The van der Waals surface area contributed by atoms with Crippen molar-refractivity contribution in [3.8, 4) is 5.75 Å². The first-order valence-electron chi connectivity index (χ1n) is 5.39. The number of hydrogen-bond acceptors (Lipinski definition) is 4. The lowest BCUT2D eigenvalue weighted by Crippen LogP contribution is -2.02. The van der Waals surface area contributed by atoms with Crippen molar-refractivity contribution in [1.82, 2.24) is 9.97 Å². The number of pyridine rings is 2. The maximum atomic E-state index is 10.6. The van der Waals surface area contributed by atoms with Crippen molar-refractivity contribution >= 4 is 5.97 Å². The number of rotatable bonds is 4. The fourth-order valence-corrected chi connectivity index (χ4v) is 1.33. The summed E-state index contributed by atoms with van der Waals surface area (Å²) in [5, 5.41) is 8.73. The molecular formula is C13H12N2O3. The molecule has 0 atom stereocenters. The monoisotopic (exact) mass is 244 g/mol. The van der Waals surface area contributed by atoms with Crippen molar-refractivity contribution in [3.63, 3.8) is 0 Å². The Bertz CT molecular complexity index is 535. The number of aryl methyl sites for hydroxylation is 1. The van der Waals surface area contributed by atoms with E-state index in [2.05, 4.69) is 9.97 Å². The van der Waals surface area contributed by atoms with Crippen LogP contribution in [0.2, 0.25) is 0 Å². The molecule has 0 amide bonds. The topological polar surface area (TPSA) is 72.3 Å². The Labute approximate surface area is 104 Å². The van der Waals surface area contributed by atoms with Crippen LogP contribution in [0.1, 0.15) is 21.7 Å². The number of nitrogens with zero attached hydrogens (tertiary/aromatic N) is 2. The van der Waals surface area contributed by atoms with Gasteiger partial charge in [-0.25, -0.2) is 4.79 Å². The molecule has 0 unspecified atom stereocenters. The number of carbonyl (C=O) groups is 1. The first kappa shape index (κ1) is 12.0. The van der Waals surface area contributed by atoms with Crippen molar-refractivity contribution < 1.29 is 14.6 Å². The summed E-state index contributed by atoms with van der Waals surface area (Å²) in [7, 11) is 0. The molecule has 2 aromatic rings. The molecule has 0 aromatic carbocycles. The van der Waals surface area contributed by atoms with E-state index in [1.165, 1.54) is 12.3 Å². The number of carboxylic acid groups (broad SMARTS) is 1. The number of aromatic carboxylic acids is 1.